The minimum atomic E-state index is -0.932. The smallest absolute Gasteiger partial charge is 0.337 e. The van der Waals surface area contributed by atoms with Crippen LogP contribution in [0.2, 0.25) is 0 Å². The third-order valence-electron chi connectivity index (χ3n) is 2.43. The van der Waals surface area contributed by atoms with Gasteiger partial charge in [0.05, 0.1) is 16.7 Å². The van der Waals surface area contributed by atoms with Crippen molar-refractivity contribution in [1.82, 2.24) is 4.57 Å². The fourth-order valence-electron chi connectivity index (χ4n) is 1.54. The number of halogens is 1. The molecule has 0 bridgehead atoms. The van der Waals surface area contributed by atoms with Gasteiger partial charge in [0.15, 0.2) is 0 Å². The molecule has 0 fully saturated rings. The fraction of sp³-hybridized carbons (Fsp3) is 0.154. The van der Waals surface area contributed by atoms with Crippen LogP contribution in [0.3, 0.4) is 0 Å². The predicted octanol–water partition coefficient (Wildman–Crippen LogP) is 3.03. The molecule has 0 radical (unpaired) electrons. The van der Waals surface area contributed by atoms with Gasteiger partial charge in [-0.3, -0.25) is 0 Å². The van der Waals surface area contributed by atoms with Gasteiger partial charge in [0.25, 0.3) is 0 Å². The maximum Gasteiger partial charge on any atom is 0.337 e. The lowest BCUT2D eigenvalue weighted by atomic mass is 10.3. The highest BCUT2D eigenvalue weighted by Gasteiger charge is 2.08. The Hall–Kier alpha value is -1.75. The highest BCUT2D eigenvalue weighted by molar-refractivity contribution is 9.10. The molecule has 0 atom stereocenters. The zero-order chi connectivity index (χ0) is 13.0. The number of aromatic nitrogens is 1. The predicted molar refractivity (Wildman–Crippen MR) is 71.0 cm³/mol. The summed E-state index contributed by atoms with van der Waals surface area (Å²) in [6, 6.07) is 11.1. The monoisotopic (exact) mass is 309 g/mol. The molecule has 0 spiro atoms. The molecule has 0 aliphatic heterocycles. The van der Waals surface area contributed by atoms with Crippen LogP contribution in [-0.4, -0.2) is 22.2 Å². The molecular formula is C13H12BrNO3. The third-order valence-corrected chi connectivity index (χ3v) is 3.12. The summed E-state index contributed by atoms with van der Waals surface area (Å²) in [4.78, 5) is 10.8. The van der Waals surface area contributed by atoms with Crippen LogP contribution in [0.4, 0.5) is 0 Å². The molecule has 1 aromatic carbocycles. The van der Waals surface area contributed by atoms with Gasteiger partial charge >= 0.3 is 5.97 Å². The van der Waals surface area contributed by atoms with Crippen LogP contribution in [0.15, 0.2) is 47.2 Å². The second kappa shape index (κ2) is 5.73. The molecule has 0 unspecified atom stereocenters. The van der Waals surface area contributed by atoms with Gasteiger partial charge in [-0.2, -0.15) is 0 Å². The molecule has 0 aliphatic carbocycles. The van der Waals surface area contributed by atoms with Crippen LogP contribution in [0.1, 0.15) is 10.4 Å². The SMILES string of the molecule is O=C(O)c1cc(Br)n(CCOc2ccccc2)c1. The standard InChI is InChI=1S/C13H12BrNO3/c14-12-8-10(13(16)17)9-15(12)6-7-18-11-4-2-1-3-5-11/h1-5,8-9H,6-7H2,(H,16,17). The van der Waals surface area contributed by atoms with Crippen LogP contribution in [-0.2, 0) is 6.54 Å². The van der Waals surface area contributed by atoms with Crippen molar-refractivity contribution >= 4 is 21.9 Å². The Bertz CT molecular complexity index is 536. The minimum Gasteiger partial charge on any atom is -0.492 e. The number of hydrogen-bond acceptors (Lipinski definition) is 2. The maximum atomic E-state index is 10.8. The van der Waals surface area contributed by atoms with Gasteiger partial charge < -0.3 is 14.4 Å². The van der Waals surface area contributed by atoms with E-state index in [-0.39, 0.29) is 5.56 Å². The summed E-state index contributed by atoms with van der Waals surface area (Å²) >= 11 is 3.32. The molecule has 18 heavy (non-hydrogen) atoms. The summed E-state index contributed by atoms with van der Waals surface area (Å²) in [5, 5.41) is 8.86. The number of hydrogen-bond donors (Lipinski definition) is 1. The van der Waals surface area contributed by atoms with Crippen molar-refractivity contribution in [3.05, 3.63) is 52.8 Å². The Balaban J connectivity index is 1.92. The molecule has 0 aliphatic rings. The Labute approximate surface area is 113 Å². The topological polar surface area (TPSA) is 51.5 Å². The number of carboxylic acids is 1. The van der Waals surface area contributed by atoms with E-state index in [1.54, 1.807) is 16.8 Å². The van der Waals surface area contributed by atoms with Gasteiger partial charge in [-0.15, -0.1) is 0 Å². The largest absolute Gasteiger partial charge is 0.492 e. The van der Waals surface area contributed by atoms with E-state index in [2.05, 4.69) is 15.9 Å². The van der Waals surface area contributed by atoms with Gasteiger partial charge in [0.1, 0.15) is 12.4 Å². The van der Waals surface area contributed by atoms with Crippen LogP contribution < -0.4 is 4.74 Å². The number of benzene rings is 1. The van der Waals surface area contributed by atoms with Crippen molar-refractivity contribution in [1.29, 1.82) is 0 Å². The first kappa shape index (κ1) is 12.7. The van der Waals surface area contributed by atoms with Crippen molar-refractivity contribution in [2.24, 2.45) is 0 Å². The number of carbonyl (C=O) groups is 1. The average molecular weight is 310 g/mol. The molecule has 5 heteroatoms. The molecule has 94 valence electrons. The van der Waals surface area contributed by atoms with E-state index in [0.717, 1.165) is 10.4 Å². The molecule has 1 N–H and O–H groups in total. The molecular weight excluding hydrogens is 298 g/mol. The van der Waals surface area contributed by atoms with Gasteiger partial charge in [-0.05, 0) is 34.1 Å². The summed E-state index contributed by atoms with van der Waals surface area (Å²) in [5.41, 5.74) is 0.265. The molecule has 1 heterocycles. The van der Waals surface area contributed by atoms with Crippen molar-refractivity contribution in [3.8, 4) is 5.75 Å². The molecule has 0 amide bonds. The number of para-hydroxylation sites is 1. The van der Waals surface area contributed by atoms with E-state index in [1.165, 1.54) is 0 Å². The zero-order valence-electron chi connectivity index (χ0n) is 9.54. The van der Waals surface area contributed by atoms with Crippen LogP contribution in [0.5, 0.6) is 5.75 Å². The first-order valence-electron chi connectivity index (χ1n) is 5.43. The van der Waals surface area contributed by atoms with Crippen molar-refractivity contribution < 1.29 is 14.6 Å². The molecule has 2 aromatic rings. The van der Waals surface area contributed by atoms with Crippen molar-refractivity contribution in [3.63, 3.8) is 0 Å². The number of carboxylic acid groups (broad SMARTS) is 1. The van der Waals surface area contributed by atoms with Gasteiger partial charge in [0.2, 0.25) is 0 Å². The lowest BCUT2D eigenvalue weighted by molar-refractivity contribution is 0.0696. The third kappa shape index (κ3) is 3.13. The number of ether oxygens (including phenoxy) is 1. The average Bonchev–Trinajstić information content (AvgIpc) is 2.73. The van der Waals surface area contributed by atoms with Crippen molar-refractivity contribution in [2.45, 2.75) is 6.54 Å². The van der Waals surface area contributed by atoms with Crippen LogP contribution >= 0.6 is 15.9 Å². The quantitative estimate of drug-likeness (QED) is 0.923. The van der Waals surface area contributed by atoms with E-state index >= 15 is 0 Å². The summed E-state index contributed by atoms with van der Waals surface area (Å²) in [6.45, 7) is 1.07. The maximum absolute atomic E-state index is 10.8. The first-order chi connectivity index (χ1) is 8.66. The normalized spacial score (nSPS) is 10.3. The van der Waals surface area contributed by atoms with E-state index < -0.39 is 5.97 Å². The summed E-state index contributed by atoms with van der Waals surface area (Å²) < 4.78 is 8.08. The Morgan fingerprint density at radius 2 is 2.06 bits per heavy atom. The molecule has 1 aromatic heterocycles. The number of rotatable bonds is 5. The second-order valence-corrected chi connectivity index (χ2v) is 4.52. The summed E-state index contributed by atoms with van der Waals surface area (Å²) in [7, 11) is 0. The van der Waals surface area contributed by atoms with Crippen molar-refractivity contribution in [2.75, 3.05) is 6.61 Å². The van der Waals surface area contributed by atoms with E-state index in [1.807, 2.05) is 30.3 Å². The number of nitrogens with zero attached hydrogens (tertiary/aromatic N) is 1. The second-order valence-electron chi connectivity index (χ2n) is 3.71. The Morgan fingerprint density at radius 3 is 2.67 bits per heavy atom. The Morgan fingerprint density at radius 1 is 1.33 bits per heavy atom. The van der Waals surface area contributed by atoms with Gasteiger partial charge in [-0.25, -0.2) is 4.79 Å². The minimum absolute atomic E-state index is 0.265. The molecule has 0 saturated carbocycles. The number of aromatic carboxylic acids is 1. The molecule has 2 rings (SSSR count). The van der Waals surface area contributed by atoms with E-state index in [4.69, 9.17) is 9.84 Å². The van der Waals surface area contributed by atoms with Crippen LogP contribution in [0, 0.1) is 0 Å². The molecule has 0 saturated heterocycles. The fourth-order valence-corrected chi connectivity index (χ4v) is 2.07. The van der Waals surface area contributed by atoms with Gasteiger partial charge in [0, 0.05) is 6.20 Å². The lowest BCUT2D eigenvalue weighted by Crippen LogP contribution is -2.07. The molecule has 4 nitrogen and oxygen atoms in total. The Kier molecular flexibility index (Phi) is 4.04. The summed E-state index contributed by atoms with van der Waals surface area (Å²) in [6.07, 6.45) is 1.58. The lowest BCUT2D eigenvalue weighted by Gasteiger charge is -2.07. The van der Waals surface area contributed by atoms with Crippen LogP contribution in [0.25, 0.3) is 0 Å². The first-order valence-corrected chi connectivity index (χ1v) is 6.23. The highest BCUT2D eigenvalue weighted by Crippen LogP contribution is 2.16. The van der Waals surface area contributed by atoms with E-state index in [0.29, 0.717) is 13.2 Å². The highest BCUT2D eigenvalue weighted by atomic mass is 79.9. The van der Waals surface area contributed by atoms with Gasteiger partial charge in [-0.1, -0.05) is 18.2 Å². The summed E-state index contributed by atoms with van der Waals surface area (Å²) in [5.74, 6) is -0.127. The van der Waals surface area contributed by atoms with E-state index in [9.17, 15) is 4.79 Å². The zero-order valence-corrected chi connectivity index (χ0v) is 11.1.